The molecule has 2 heterocycles. The van der Waals surface area contributed by atoms with Crippen LogP contribution in [0, 0.1) is 17.0 Å². The van der Waals surface area contributed by atoms with Crippen LogP contribution in [0.3, 0.4) is 0 Å². The molecule has 102 valence electrons. The van der Waals surface area contributed by atoms with Gasteiger partial charge < -0.3 is 10.6 Å². The second-order valence-corrected chi connectivity index (χ2v) is 5.33. The van der Waals surface area contributed by atoms with Crippen molar-refractivity contribution in [2.24, 2.45) is 5.41 Å². The number of carbonyl (C=O) groups excluding carboxylic acids is 1. The molecule has 1 aromatic carbocycles. The van der Waals surface area contributed by atoms with Crippen molar-refractivity contribution >= 4 is 5.91 Å². The van der Waals surface area contributed by atoms with E-state index < -0.39 is 17.0 Å². The average molecular weight is 266 g/mol. The average Bonchev–Trinajstić information content (AvgIpc) is 2.69. The van der Waals surface area contributed by atoms with Gasteiger partial charge in [-0.25, -0.2) is 8.78 Å². The van der Waals surface area contributed by atoms with Gasteiger partial charge in [0, 0.05) is 18.5 Å². The number of halogens is 2. The van der Waals surface area contributed by atoms with Crippen LogP contribution >= 0.6 is 0 Å². The van der Waals surface area contributed by atoms with Crippen LogP contribution < -0.4 is 10.6 Å². The summed E-state index contributed by atoms with van der Waals surface area (Å²) in [6, 6.07) is 3.63. The van der Waals surface area contributed by atoms with Gasteiger partial charge in [0.1, 0.15) is 11.6 Å². The van der Waals surface area contributed by atoms with Gasteiger partial charge in [0.2, 0.25) is 5.91 Å². The minimum Gasteiger partial charge on any atom is -0.355 e. The van der Waals surface area contributed by atoms with E-state index in [0.717, 1.165) is 19.2 Å². The smallest absolute Gasteiger partial charge is 0.227 e. The first-order valence-corrected chi connectivity index (χ1v) is 6.57. The van der Waals surface area contributed by atoms with Crippen molar-refractivity contribution in [3.8, 4) is 0 Å². The molecule has 1 atom stereocenters. The summed E-state index contributed by atoms with van der Waals surface area (Å²) in [5.41, 5.74) is -0.0918. The third-order valence-corrected chi connectivity index (χ3v) is 4.42. The quantitative estimate of drug-likeness (QED) is 0.809. The zero-order valence-electron chi connectivity index (χ0n) is 10.5. The van der Waals surface area contributed by atoms with Crippen molar-refractivity contribution in [3.63, 3.8) is 0 Å². The first kappa shape index (κ1) is 12.5. The molecule has 0 bridgehead atoms. The first-order chi connectivity index (χ1) is 9.13. The van der Waals surface area contributed by atoms with E-state index in [0.29, 0.717) is 24.9 Å². The highest BCUT2D eigenvalue weighted by atomic mass is 19.1. The van der Waals surface area contributed by atoms with Crippen molar-refractivity contribution in [1.29, 1.82) is 0 Å². The van der Waals surface area contributed by atoms with E-state index in [1.165, 1.54) is 12.1 Å². The van der Waals surface area contributed by atoms with E-state index in [2.05, 4.69) is 10.6 Å². The largest absolute Gasteiger partial charge is 0.355 e. The molecule has 0 radical (unpaired) electrons. The standard InChI is InChI=1S/C14H16F2N2O/c15-9-1-2-10(12(16)7-9)11-8-18-13(19)14(11)3-5-17-6-4-14/h1-2,7,11,17H,3-6,8H2,(H,18,19). The van der Waals surface area contributed by atoms with Gasteiger partial charge >= 0.3 is 0 Å². The SMILES string of the molecule is O=C1NCC(c2ccc(F)cc2F)C12CCNCC2. The van der Waals surface area contributed by atoms with Gasteiger partial charge in [-0.05, 0) is 37.6 Å². The predicted molar refractivity (Wildman–Crippen MR) is 66.6 cm³/mol. The summed E-state index contributed by atoms with van der Waals surface area (Å²) >= 11 is 0. The van der Waals surface area contributed by atoms with Crippen molar-refractivity contribution in [1.82, 2.24) is 10.6 Å². The van der Waals surface area contributed by atoms with E-state index in [4.69, 9.17) is 0 Å². The molecule has 1 unspecified atom stereocenters. The highest BCUT2D eigenvalue weighted by molar-refractivity contribution is 5.86. The van der Waals surface area contributed by atoms with Crippen molar-refractivity contribution in [2.75, 3.05) is 19.6 Å². The summed E-state index contributed by atoms with van der Waals surface area (Å²) in [4.78, 5) is 12.2. The number of hydrogen-bond donors (Lipinski definition) is 2. The molecule has 0 saturated carbocycles. The Kier molecular flexibility index (Phi) is 3.01. The topological polar surface area (TPSA) is 41.1 Å². The van der Waals surface area contributed by atoms with E-state index in [9.17, 15) is 13.6 Å². The highest BCUT2D eigenvalue weighted by Gasteiger charge is 2.51. The molecule has 3 rings (SSSR count). The first-order valence-electron chi connectivity index (χ1n) is 6.57. The monoisotopic (exact) mass is 266 g/mol. The summed E-state index contributed by atoms with van der Waals surface area (Å²) in [7, 11) is 0. The van der Waals surface area contributed by atoms with Crippen LogP contribution in [0.1, 0.15) is 24.3 Å². The van der Waals surface area contributed by atoms with Crippen LogP contribution in [-0.2, 0) is 4.79 Å². The fourth-order valence-corrected chi connectivity index (χ4v) is 3.36. The van der Waals surface area contributed by atoms with Gasteiger partial charge in [-0.2, -0.15) is 0 Å². The van der Waals surface area contributed by atoms with E-state index in [1.54, 1.807) is 0 Å². The lowest BCUT2D eigenvalue weighted by Gasteiger charge is -2.36. The summed E-state index contributed by atoms with van der Waals surface area (Å²) in [6.07, 6.45) is 1.39. The van der Waals surface area contributed by atoms with Crippen LogP contribution in [0.4, 0.5) is 8.78 Å². The molecule has 5 heteroatoms. The fourth-order valence-electron chi connectivity index (χ4n) is 3.36. The normalized spacial score (nSPS) is 25.6. The third kappa shape index (κ3) is 1.92. The molecule has 2 aliphatic heterocycles. The molecule has 2 saturated heterocycles. The maximum Gasteiger partial charge on any atom is 0.227 e. The second kappa shape index (κ2) is 4.56. The Morgan fingerprint density at radius 3 is 2.63 bits per heavy atom. The Bertz CT molecular complexity index is 512. The number of nitrogens with one attached hydrogen (secondary N) is 2. The molecule has 2 fully saturated rings. The van der Waals surface area contributed by atoms with Gasteiger partial charge in [-0.3, -0.25) is 4.79 Å². The summed E-state index contributed by atoms with van der Waals surface area (Å²) in [5.74, 6) is -1.34. The van der Waals surface area contributed by atoms with E-state index in [1.807, 2.05) is 0 Å². The minimum absolute atomic E-state index is 0.00252. The van der Waals surface area contributed by atoms with Gasteiger partial charge in [-0.1, -0.05) is 6.07 Å². The molecule has 1 amide bonds. The number of amides is 1. The lowest BCUT2D eigenvalue weighted by atomic mass is 9.68. The molecule has 0 aromatic heterocycles. The van der Waals surface area contributed by atoms with Crippen LogP contribution in [0.25, 0.3) is 0 Å². The molecule has 19 heavy (non-hydrogen) atoms. The molecule has 1 aromatic rings. The Hall–Kier alpha value is -1.49. The van der Waals surface area contributed by atoms with Crippen molar-refractivity contribution in [3.05, 3.63) is 35.4 Å². The Morgan fingerprint density at radius 2 is 1.95 bits per heavy atom. The van der Waals surface area contributed by atoms with Crippen LogP contribution in [0.5, 0.6) is 0 Å². The highest BCUT2D eigenvalue weighted by Crippen LogP contribution is 2.47. The second-order valence-electron chi connectivity index (χ2n) is 5.33. The fraction of sp³-hybridized carbons (Fsp3) is 0.500. The molecule has 2 aliphatic rings. The molecule has 0 aliphatic carbocycles. The number of benzene rings is 1. The number of hydrogen-bond acceptors (Lipinski definition) is 2. The summed E-state index contributed by atoms with van der Waals surface area (Å²) in [5, 5.41) is 6.06. The lowest BCUT2D eigenvalue weighted by molar-refractivity contribution is -0.129. The number of piperidine rings is 1. The lowest BCUT2D eigenvalue weighted by Crippen LogP contribution is -2.44. The molecule has 3 nitrogen and oxygen atoms in total. The van der Waals surface area contributed by atoms with Gasteiger partial charge in [0.05, 0.1) is 5.41 Å². The van der Waals surface area contributed by atoms with Crippen LogP contribution in [0.2, 0.25) is 0 Å². The maximum absolute atomic E-state index is 14.0. The zero-order chi connectivity index (χ0) is 13.5. The molecule has 2 N–H and O–H groups in total. The van der Waals surface area contributed by atoms with E-state index >= 15 is 0 Å². The zero-order valence-corrected chi connectivity index (χ0v) is 10.5. The molecule has 1 spiro atoms. The van der Waals surface area contributed by atoms with Crippen molar-refractivity contribution in [2.45, 2.75) is 18.8 Å². The number of carbonyl (C=O) groups is 1. The minimum atomic E-state index is -0.585. The summed E-state index contributed by atoms with van der Waals surface area (Å²) in [6.45, 7) is 1.95. The third-order valence-electron chi connectivity index (χ3n) is 4.42. The van der Waals surface area contributed by atoms with Crippen LogP contribution in [0.15, 0.2) is 18.2 Å². The molecular weight excluding hydrogens is 250 g/mol. The van der Waals surface area contributed by atoms with Crippen molar-refractivity contribution < 1.29 is 13.6 Å². The Balaban J connectivity index is 2.01. The van der Waals surface area contributed by atoms with E-state index in [-0.39, 0.29) is 11.8 Å². The maximum atomic E-state index is 14.0. The summed E-state index contributed by atoms with van der Waals surface area (Å²) < 4.78 is 27.0. The van der Waals surface area contributed by atoms with Gasteiger partial charge in [0.15, 0.2) is 0 Å². The van der Waals surface area contributed by atoms with Gasteiger partial charge in [0.25, 0.3) is 0 Å². The predicted octanol–water partition coefficient (Wildman–Crippen LogP) is 1.55. The number of rotatable bonds is 1. The molecular formula is C14H16F2N2O. The van der Waals surface area contributed by atoms with Crippen LogP contribution in [-0.4, -0.2) is 25.5 Å². The van der Waals surface area contributed by atoms with Gasteiger partial charge in [-0.15, -0.1) is 0 Å². The Morgan fingerprint density at radius 1 is 1.21 bits per heavy atom. The Labute approximate surface area is 110 Å².